The van der Waals surface area contributed by atoms with Gasteiger partial charge in [-0.3, -0.25) is 0 Å². The van der Waals surface area contributed by atoms with Crippen molar-refractivity contribution in [3.8, 4) is 0 Å². The summed E-state index contributed by atoms with van der Waals surface area (Å²) >= 11 is 0. The largest absolute Gasteiger partial charge is 0.390 e. The molecule has 90 valence electrons. The van der Waals surface area contributed by atoms with Gasteiger partial charge in [0.15, 0.2) is 0 Å². The van der Waals surface area contributed by atoms with Crippen LogP contribution in [0.25, 0.3) is 0 Å². The molecule has 0 bridgehead atoms. The molecular formula is C11H20F3N. The van der Waals surface area contributed by atoms with E-state index in [0.29, 0.717) is 5.92 Å². The lowest BCUT2D eigenvalue weighted by molar-refractivity contribution is -0.133. The SMILES string of the molecule is CC(NCCC(F)(F)F)C1CCCCC1. The summed E-state index contributed by atoms with van der Waals surface area (Å²) in [5, 5.41) is 2.99. The first-order valence-electron chi connectivity index (χ1n) is 5.79. The highest BCUT2D eigenvalue weighted by molar-refractivity contribution is 4.76. The number of halogens is 3. The molecule has 0 saturated heterocycles. The van der Waals surface area contributed by atoms with Gasteiger partial charge in [-0.1, -0.05) is 19.3 Å². The Kier molecular flexibility index (Phi) is 4.90. The van der Waals surface area contributed by atoms with Crippen molar-refractivity contribution in [3.05, 3.63) is 0 Å². The Morgan fingerprint density at radius 2 is 1.80 bits per heavy atom. The summed E-state index contributed by atoms with van der Waals surface area (Å²) in [6.45, 7) is 2.06. The van der Waals surface area contributed by atoms with E-state index in [2.05, 4.69) is 5.32 Å². The fourth-order valence-electron chi connectivity index (χ4n) is 2.24. The second-order valence-electron chi connectivity index (χ2n) is 4.51. The Morgan fingerprint density at radius 1 is 1.20 bits per heavy atom. The first kappa shape index (κ1) is 12.8. The van der Waals surface area contributed by atoms with Gasteiger partial charge in [0.05, 0.1) is 6.42 Å². The molecular weight excluding hydrogens is 203 g/mol. The average Bonchev–Trinajstić information content (AvgIpc) is 2.17. The smallest absolute Gasteiger partial charge is 0.314 e. The van der Waals surface area contributed by atoms with Crippen LogP contribution in [-0.4, -0.2) is 18.8 Å². The summed E-state index contributed by atoms with van der Waals surface area (Å²) in [7, 11) is 0. The van der Waals surface area contributed by atoms with E-state index in [1.807, 2.05) is 6.92 Å². The number of hydrogen-bond acceptors (Lipinski definition) is 1. The van der Waals surface area contributed by atoms with Crippen LogP contribution < -0.4 is 5.32 Å². The summed E-state index contributed by atoms with van der Waals surface area (Å²) in [5.41, 5.74) is 0. The molecule has 0 aromatic carbocycles. The van der Waals surface area contributed by atoms with E-state index in [0.717, 1.165) is 0 Å². The van der Waals surface area contributed by atoms with Crippen LogP contribution in [0.4, 0.5) is 13.2 Å². The third-order valence-electron chi connectivity index (χ3n) is 3.23. The van der Waals surface area contributed by atoms with Gasteiger partial charge in [0.25, 0.3) is 0 Å². The zero-order valence-corrected chi connectivity index (χ0v) is 9.24. The Bertz CT molecular complexity index is 173. The summed E-state index contributed by atoms with van der Waals surface area (Å²) in [4.78, 5) is 0. The van der Waals surface area contributed by atoms with Gasteiger partial charge in [-0.15, -0.1) is 0 Å². The monoisotopic (exact) mass is 223 g/mol. The van der Waals surface area contributed by atoms with Gasteiger partial charge >= 0.3 is 6.18 Å². The normalized spacial score (nSPS) is 21.6. The quantitative estimate of drug-likeness (QED) is 0.769. The number of hydrogen-bond donors (Lipinski definition) is 1. The van der Waals surface area contributed by atoms with Crippen LogP contribution in [0.1, 0.15) is 45.4 Å². The van der Waals surface area contributed by atoms with E-state index in [-0.39, 0.29) is 12.6 Å². The molecule has 1 atom stereocenters. The summed E-state index contributed by atoms with van der Waals surface area (Å²) in [6.07, 6.45) is 1.33. The van der Waals surface area contributed by atoms with Crippen LogP contribution in [0.2, 0.25) is 0 Å². The van der Waals surface area contributed by atoms with Gasteiger partial charge in [-0.25, -0.2) is 0 Å². The predicted octanol–water partition coefficient (Wildman–Crippen LogP) is 3.50. The minimum absolute atomic E-state index is 0.0567. The van der Waals surface area contributed by atoms with Gasteiger partial charge in [0, 0.05) is 12.6 Å². The van der Waals surface area contributed by atoms with E-state index >= 15 is 0 Å². The van der Waals surface area contributed by atoms with Crippen molar-refractivity contribution < 1.29 is 13.2 Å². The Labute approximate surface area is 89.4 Å². The molecule has 0 aromatic rings. The minimum atomic E-state index is -4.03. The first-order valence-corrected chi connectivity index (χ1v) is 5.79. The molecule has 0 aromatic heterocycles. The molecule has 1 N–H and O–H groups in total. The molecule has 0 spiro atoms. The van der Waals surface area contributed by atoms with Gasteiger partial charge in [-0.2, -0.15) is 13.2 Å². The zero-order valence-electron chi connectivity index (χ0n) is 9.24. The van der Waals surface area contributed by atoms with Crippen molar-refractivity contribution >= 4 is 0 Å². The maximum Gasteiger partial charge on any atom is 0.390 e. The first-order chi connectivity index (χ1) is 6.99. The van der Waals surface area contributed by atoms with Crippen LogP contribution in [0.5, 0.6) is 0 Å². The Balaban J connectivity index is 2.14. The lowest BCUT2D eigenvalue weighted by Crippen LogP contribution is -2.36. The van der Waals surface area contributed by atoms with Crippen LogP contribution in [0.15, 0.2) is 0 Å². The van der Waals surface area contributed by atoms with Crippen molar-refractivity contribution in [2.45, 2.75) is 57.7 Å². The molecule has 15 heavy (non-hydrogen) atoms. The van der Waals surface area contributed by atoms with Crippen LogP contribution in [0.3, 0.4) is 0 Å². The Morgan fingerprint density at radius 3 is 2.33 bits per heavy atom. The number of rotatable bonds is 4. The molecule has 1 unspecified atom stereocenters. The van der Waals surface area contributed by atoms with Gasteiger partial charge in [0.1, 0.15) is 0 Å². The van der Waals surface area contributed by atoms with Crippen molar-refractivity contribution in [2.24, 2.45) is 5.92 Å². The van der Waals surface area contributed by atoms with Gasteiger partial charge < -0.3 is 5.32 Å². The summed E-state index contributed by atoms with van der Waals surface area (Å²) in [6, 6.07) is 0.229. The zero-order chi connectivity index (χ0) is 11.3. The van der Waals surface area contributed by atoms with Crippen LogP contribution in [0, 0.1) is 5.92 Å². The second kappa shape index (κ2) is 5.73. The Hall–Kier alpha value is -0.250. The fourth-order valence-corrected chi connectivity index (χ4v) is 2.24. The van der Waals surface area contributed by atoms with E-state index in [1.54, 1.807) is 0 Å². The fraction of sp³-hybridized carbons (Fsp3) is 1.00. The molecule has 0 heterocycles. The molecule has 0 aliphatic heterocycles. The van der Waals surface area contributed by atoms with E-state index in [1.165, 1.54) is 32.1 Å². The maximum absolute atomic E-state index is 11.9. The summed E-state index contributed by atoms with van der Waals surface area (Å²) in [5.74, 6) is 0.576. The topological polar surface area (TPSA) is 12.0 Å². The molecule has 4 heteroatoms. The molecule has 0 radical (unpaired) electrons. The number of nitrogens with one attached hydrogen (secondary N) is 1. The highest BCUT2D eigenvalue weighted by atomic mass is 19.4. The molecule has 1 nitrogen and oxygen atoms in total. The van der Waals surface area contributed by atoms with Crippen molar-refractivity contribution in [1.82, 2.24) is 5.32 Å². The third-order valence-corrected chi connectivity index (χ3v) is 3.23. The second-order valence-corrected chi connectivity index (χ2v) is 4.51. The molecule has 1 fully saturated rings. The third kappa shape index (κ3) is 5.40. The predicted molar refractivity (Wildman–Crippen MR) is 54.7 cm³/mol. The molecule has 1 aliphatic carbocycles. The molecule has 1 rings (SSSR count). The minimum Gasteiger partial charge on any atom is -0.314 e. The maximum atomic E-state index is 11.9. The van der Waals surface area contributed by atoms with Crippen LogP contribution in [-0.2, 0) is 0 Å². The lowest BCUT2D eigenvalue weighted by atomic mass is 9.84. The highest BCUT2D eigenvalue weighted by Gasteiger charge is 2.27. The van der Waals surface area contributed by atoms with E-state index in [9.17, 15) is 13.2 Å². The molecule has 0 amide bonds. The van der Waals surface area contributed by atoms with E-state index in [4.69, 9.17) is 0 Å². The van der Waals surface area contributed by atoms with Gasteiger partial charge in [-0.05, 0) is 25.7 Å². The van der Waals surface area contributed by atoms with Crippen molar-refractivity contribution in [3.63, 3.8) is 0 Å². The van der Waals surface area contributed by atoms with Crippen molar-refractivity contribution in [1.29, 1.82) is 0 Å². The van der Waals surface area contributed by atoms with Gasteiger partial charge in [0.2, 0.25) is 0 Å². The lowest BCUT2D eigenvalue weighted by Gasteiger charge is -2.28. The average molecular weight is 223 g/mol. The van der Waals surface area contributed by atoms with E-state index < -0.39 is 12.6 Å². The standard InChI is InChI=1S/C11H20F3N/c1-9(10-5-3-2-4-6-10)15-8-7-11(12,13)14/h9-10,15H,2-8H2,1H3. The highest BCUT2D eigenvalue weighted by Crippen LogP contribution is 2.26. The number of alkyl halides is 3. The molecule has 1 aliphatic rings. The summed E-state index contributed by atoms with van der Waals surface area (Å²) < 4.78 is 35.7. The van der Waals surface area contributed by atoms with Crippen molar-refractivity contribution in [2.75, 3.05) is 6.54 Å². The van der Waals surface area contributed by atoms with Crippen LogP contribution >= 0.6 is 0 Å². The molecule has 1 saturated carbocycles.